The van der Waals surface area contributed by atoms with Gasteiger partial charge in [0.05, 0.1) is 0 Å². The van der Waals surface area contributed by atoms with E-state index in [1.807, 2.05) is 0 Å². The molecular weight excluding hydrogens is 332 g/mol. The Labute approximate surface area is 167 Å². The van der Waals surface area contributed by atoms with Crippen molar-refractivity contribution in [1.82, 2.24) is 10.2 Å². The highest BCUT2D eigenvalue weighted by molar-refractivity contribution is 5.50. The fourth-order valence-corrected chi connectivity index (χ4v) is 4.04. The van der Waals surface area contributed by atoms with Crippen LogP contribution in [-0.2, 0) is 10.8 Å². The molecule has 1 aromatic rings. The highest BCUT2D eigenvalue weighted by Crippen LogP contribution is 2.42. The number of phenols is 1. The maximum Gasteiger partial charge on any atom is 0.123 e. The lowest BCUT2D eigenvalue weighted by molar-refractivity contribution is 0.159. The number of nitrogens with one attached hydrogen (secondary N) is 1. The molecule has 0 amide bonds. The van der Waals surface area contributed by atoms with Gasteiger partial charge in [-0.05, 0) is 58.4 Å². The minimum atomic E-state index is -0.0772. The summed E-state index contributed by atoms with van der Waals surface area (Å²) in [7, 11) is 0. The zero-order valence-corrected chi connectivity index (χ0v) is 18.9. The van der Waals surface area contributed by atoms with Gasteiger partial charge in [0.15, 0.2) is 0 Å². The van der Waals surface area contributed by atoms with E-state index in [0.717, 1.165) is 37.3 Å². The van der Waals surface area contributed by atoms with Gasteiger partial charge in [0, 0.05) is 32.2 Å². The summed E-state index contributed by atoms with van der Waals surface area (Å²) in [6.07, 6.45) is 2.40. The average Bonchev–Trinajstić information content (AvgIpc) is 2.54. The van der Waals surface area contributed by atoms with E-state index >= 15 is 0 Å². The van der Waals surface area contributed by atoms with Crippen molar-refractivity contribution in [2.45, 2.75) is 85.1 Å². The molecule has 1 saturated heterocycles. The minimum Gasteiger partial charge on any atom is -0.507 e. The Morgan fingerprint density at radius 1 is 0.926 bits per heavy atom. The standard InChI is InChI=1S/C24H42N2O/c1-17(2)9-10-21(26-13-11-25-12-14-26)18-15-19(23(3,4)5)22(27)20(16-18)24(6,7)8/h15-17,21,25,27H,9-14H2,1-8H3/t21-/m0/s1. The highest BCUT2D eigenvalue weighted by Gasteiger charge is 2.30. The maximum absolute atomic E-state index is 11.1. The van der Waals surface area contributed by atoms with Gasteiger partial charge in [0.25, 0.3) is 0 Å². The summed E-state index contributed by atoms with van der Waals surface area (Å²) in [5.74, 6) is 1.19. The average molecular weight is 375 g/mol. The van der Waals surface area contributed by atoms with Crippen molar-refractivity contribution in [3.8, 4) is 5.75 Å². The monoisotopic (exact) mass is 374 g/mol. The van der Waals surface area contributed by atoms with Crippen LogP contribution >= 0.6 is 0 Å². The van der Waals surface area contributed by atoms with E-state index in [1.165, 1.54) is 18.4 Å². The van der Waals surface area contributed by atoms with Gasteiger partial charge in [-0.15, -0.1) is 0 Å². The second-order valence-corrected chi connectivity index (χ2v) is 10.7. The molecule has 0 unspecified atom stereocenters. The van der Waals surface area contributed by atoms with Crippen LogP contribution in [-0.4, -0.2) is 36.2 Å². The number of phenolic OH excluding ortho intramolecular Hbond substituents is 1. The molecule has 154 valence electrons. The molecule has 1 heterocycles. The molecule has 1 aromatic carbocycles. The highest BCUT2D eigenvalue weighted by atomic mass is 16.3. The summed E-state index contributed by atoms with van der Waals surface area (Å²) in [6.45, 7) is 22.1. The van der Waals surface area contributed by atoms with Crippen molar-refractivity contribution in [2.75, 3.05) is 26.2 Å². The van der Waals surface area contributed by atoms with Crippen molar-refractivity contribution in [3.05, 3.63) is 28.8 Å². The van der Waals surface area contributed by atoms with Gasteiger partial charge in [0.1, 0.15) is 5.75 Å². The number of piperazine rings is 1. The Balaban J connectivity index is 2.55. The van der Waals surface area contributed by atoms with Crippen LogP contribution in [0.5, 0.6) is 5.75 Å². The lowest BCUT2D eigenvalue weighted by Crippen LogP contribution is -2.45. The Bertz CT molecular complexity index is 581. The molecule has 2 rings (SSSR count). The molecule has 0 saturated carbocycles. The van der Waals surface area contributed by atoms with Crippen LogP contribution < -0.4 is 5.32 Å². The summed E-state index contributed by atoms with van der Waals surface area (Å²) >= 11 is 0. The molecule has 0 aliphatic carbocycles. The number of hydrogen-bond acceptors (Lipinski definition) is 3. The number of hydrogen-bond donors (Lipinski definition) is 2. The summed E-state index contributed by atoms with van der Waals surface area (Å²) in [5, 5.41) is 14.6. The first-order valence-corrected chi connectivity index (χ1v) is 10.7. The molecule has 1 atom stereocenters. The zero-order chi connectivity index (χ0) is 20.4. The molecule has 1 aliphatic rings. The fourth-order valence-electron chi connectivity index (χ4n) is 4.04. The number of nitrogens with zero attached hydrogens (tertiary/aromatic N) is 1. The smallest absolute Gasteiger partial charge is 0.123 e. The first kappa shape index (κ1) is 22.2. The zero-order valence-electron chi connectivity index (χ0n) is 18.9. The summed E-state index contributed by atoms with van der Waals surface area (Å²) < 4.78 is 0. The number of benzene rings is 1. The van der Waals surface area contributed by atoms with Gasteiger partial charge in [0.2, 0.25) is 0 Å². The molecule has 3 heteroatoms. The van der Waals surface area contributed by atoms with Gasteiger partial charge < -0.3 is 10.4 Å². The van der Waals surface area contributed by atoms with E-state index in [-0.39, 0.29) is 10.8 Å². The van der Waals surface area contributed by atoms with Crippen LogP contribution in [0.15, 0.2) is 12.1 Å². The third kappa shape index (κ3) is 5.71. The van der Waals surface area contributed by atoms with Crippen LogP contribution in [0.1, 0.15) is 91.0 Å². The second-order valence-electron chi connectivity index (χ2n) is 10.7. The van der Waals surface area contributed by atoms with Crippen LogP contribution in [0.4, 0.5) is 0 Å². The van der Waals surface area contributed by atoms with E-state index in [9.17, 15) is 5.11 Å². The van der Waals surface area contributed by atoms with Crippen molar-refractivity contribution < 1.29 is 5.11 Å². The lowest BCUT2D eigenvalue weighted by atomic mass is 9.77. The second kappa shape index (κ2) is 8.53. The van der Waals surface area contributed by atoms with Crippen molar-refractivity contribution >= 4 is 0 Å². The Morgan fingerprint density at radius 2 is 1.41 bits per heavy atom. The van der Waals surface area contributed by atoms with Crippen molar-refractivity contribution in [3.63, 3.8) is 0 Å². The van der Waals surface area contributed by atoms with Crippen LogP contribution in [0.2, 0.25) is 0 Å². The summed E-state index contributed by atoms with van der Waals surface area (Å²) in [5.41, 5.74) is 3.38. The van der Waals surface area contributed by atoms with Crippen molar-refractivity contribution in [1.29, 1.82) is 0 Å². The summed E-state index contributed by atoms with van der Waals surface area (Å²) in [4.78, 5) is 2.64. The predicted octanol–water partition coefficient (Wildman–Crippen LogP) is 5.37. The van der Waals surface area contributed by atoms with Crippen LogP contribution in [0.25, 0.3) is 0 Å². The fraction of sp³-hybridized carbons (Fsp3) is 0.750. The van der Waals surface area contributed by atoms with Gasteiger partial charge >= 0.3 is 0 Å². The molecular formula is C24H42N2O. The Morgan fingerprint density at radius 3 is 1.81 bits per heavy atom. The van der Waals surface area contributed by atoms with E-state index in [4.69, 9.17) is 0 Å². The molecule has 2 N–H and O–H groups in total. The molecule has 0 radical (unpaired) electrons. The quantitative estimate of drug-likeness (QED) is 0.727. The Kier molecular flexibility index (Phi) is 7.02. The van der Waals surface area contributed by atoms with E-state index in [0.29, 0.717) is 17.7 Å². The van der Waals surface area contributed by atoms with Gasteiger partial charge in [-0.3, -0.25) is 4.90 Å². The van der Waals surface area contributed by atoms with Gasteiger partial charge in [-0.25, -0.2) is 0 Å². The molecule has 1 aliphatic heterocycles. The normalized spacial score (nSPS) is 18.1. The molecule has 3 nitrogen and oxygen atoms in total. The SMILES string of the molecule is CC(C)CC[C@@H](c1cc(C(C)(C)C)c(O)c(C(C)(C)C)c1)N1CCNCC1. The summed E-state index contributed by atoms with van der Waals surface area (Å²) in [6, 6.07) is 5.01. The van der Waals surface area contributed by atoms with Crippen LogP contribution in [0, 0.1) is 5.92 Å². The molecule has 1 fully saturated rings. The van der Waals surface area contributed by atoms with E-state index in [1.54, 1.807) is 0 Å². The third-order valence-electron chi connectivity index (χ3n) is 5.74. The lowest BCUT2D eigenvalue weighted by Gasteiger charge is -2.37. The van der Waals surface area contributed by atoms with E-state index < -0.39 is 0 Å². The number of rotatable bonds is 5. The first-order chi connectivity index (χ1) is 12.4. The molecule has 0 aromatic heterocycles. The van der Waals surface area contributed by atoms with E-state index in [2.05, 4.69) is 77.7 Å². The molecule has 0 bridgehead atoms. The topological polar surface area (TPSA) is 35.5 Å². The Hall–Kier alpha value is -1.06. The van der Waals surface area contributed by atoms with Crippen molar-refractivity contribution in [2.24, 2.45) is 5.92 Å². The van der Waals surface area contributed by atoms with Gasteiger partial charge in [-0.1, -0.05) is 55.4 Å². The minimum absolute atomic E-state index is 0.0772. The third-order valence-corrected chi connectivity index (χ3v) is 5.74. The van der Waals surface area contributed by atoms with Crippen LogP contribution in [0.3, 0.4) is 0 Å². The largest absolute Gasteiger partial charge is 0.507 e. The maximum atomic E-state index is 11.1. The predicted molar refractivity (Wildman–Crippen MR) is 117 cm³/mol. The van der Waals surface area contributed by atoms with Gasteiger partial charge in [-0.2, -0.15) is 0 Å². The molecule has 27 heavy (non-hydrogen) atoms. The number of aromatic hydroxyl groups is 1. The molecule has 0 spiro atoms. The first-order valence-electron chi connectivity index (χ1n) is 10.7.